The molecule has 0 saturated carbocycles. The van der Waals surface area contributed by atoms with Crippen molar-refractivity contribution < 1.29 is 0 Å². The second kappa shape index (κ2) is 7.75. The Bertz CT molecular complexity index is 198. The van der Waals surface area contributed by atoms with Crippen LogP contribution in [0.4, 0.5) is 0 Å². The summed E-state index contributed by atoms with van der Waals surface area (Å²) in [5, 5.41) is 1.14. The van der Waals surface area contributed by atoms with Gasteiger partial charge in [0.2, 0.25) is 0 Å². The van der Waals surface area contributed by atoms with Gasteiger partial charge in [-0.25, -0.2) is 0 Å². The van der Waals surface area contributed by atoms with Crippen molar-refractivity contribution in [1.82, 2.24) is 9.80 Å². The van der Waals surface area contributed by atoms with E-state index in [-0.39, 0.29) is 0 Å². The number of alkyl halides is 1. The lowest BCUT2D eigenvalue weighted by Gasteiger charge is -2.37. The second-order valence-corrected chi connectivity index (χ2v) is 6.80. The monoisotopic (exact) mass is 304 g/mol. The lowest BCUT2D eigenvalue weighted by atomic mass is 9.97. The largest absolute Gasteiger partial charge is 0.301 e. The summed E-state index contributed by atoms with van der Waals surface area (Å²) in [6, 6.07) is 0. The van der Waals surface area contributed by atoms with Crippen LogP contribution < -0.4 is 0 Å². The molecule has 1 aliphatic rings. The van der Waals surface area contributed by atoms with E-state index in [0.29, 0.717) is 0 Å². The molecule has 1 rings (SSSR count). The molecule has 0 bridgehead atoms. The van der Waals surface area contributed by atoms with Gasteiger partial charge in [0.15, 0.2) is 0 Å². The molecule has 17 heavy (non-hydrogen) atoms. The van der Waals surface area contributed by atoms with Gasteiger partial charge in [-0.3, -0.25) is 0 Å². The van der Waals surface area contributed by atoms with Gasteiger partial charge >= 0.3 is 0 Å². The van der Waals surface area contributed by atoms with Crippen molar-refractivity contribution in [3.8, 4) is 0 Å². The van der Waals surface area contributed by atoms with Crippen molar-refractivity contribution in [3.05, 3.63) is 0 Å². The number of halogens is 1. The van der Waals surface area contributed by atoms with Crippen LogP contribution in [0.1, 0.15) is 27.7 Å². The minimum atomic E-state index is 0.781. The summed E-state index contributed by atoms with van der Waals surface area (Å²) in [5.41, 5.74) is 0. The van der Waals surface area contributed by atoms with E-state index in [1.807, 2.05) is 0 Å². The van der Waals surface area contributed by atoms with Gasteiger partial charge in [0.05, 0.1) is 0 Å². The summed E-state index contributed by atoms with van der Waals surface area (Å²) in [6.07, 6.45) is 0. The summed E-state index contributed by atoms with van der Waals surface area (Å²) in [7, 11) is 0. The van der Waals surface area contributed by atoms with Crippen molar-refractivity contribution in [3.63, 3.8) is 0 Å². The van der Waals surface area contributed by atoms with E-state index < -0.39 is 0 Å². The number of piperazine rings is 1. The van der Waals surface area contributed by atoms with Gasteiger partial charge in [0.1, 0.15) is 0 Å². The van der Waals surface area contributed by atoms with E-state index in [4.69, 9.17) is 0 Å². The zero-order valence-electron chi connectivity index (χ0n) is 12.0. The molecular formula is C14H29BrN2. The minimum Gasteiger partial charge on any atom is -0.301 e. The summed E-state index contributed by atoms with van der Waals surface area (Å²) in [5.74, 6) is 2.38. The quantitative estimate of drug-likeness (QED) is 0.696. The van der Waals surface area contributed by atoms with E-state index in [9.17, 15) is 0 Å². The molecule has 3 heteroatoms. The zero-order chi connectivity index (χ0) is 12.8. The van der Waals surface area contributed by atoms with E-state index in [1.165, 1.54) is 39.3 Å². The van der Waals surface area contributed by atoms with Crippen LogP contribution in [0.25, 0.3) is 0 Å². The first-order chi connectivity index (χ1) is 8.02. The van der Waals surface area contributed by atoms with Crippen LogP contribution in [-0.2, 0) is 0 Å². The Kier molecular flexibility index (Phi) is 7.05. The average molecular weight is 305 g/mol. The predicted molar refractivity (Wildman–Crippen MR) is 79.8 cm³/mol. The van der Waals surface area contributed by atoms with Gasteiger partial charge in [0.25, 0.3) is 0 Å². The molecule has 0 amide bonds. The highest BCUT2D eigenvalue weighted by atomic mass is 79.9. The van der Waals surface area contributed by atoms with Crippen molar-refractivity contribution in [1.29, 1.82) is 0 Å². The van der Waals surface area contributed by atoms with Crippen molar-refractivity contribution >= 4 is 15.9 Å². The molecule has 1 atom stereocenters. The fraction of sp³-hybridized carbons (Fsp3) is 1.00. The van der Waals surface area contributed by atoms with Crippen LogP contribution in [0, 0.1) is 17.8 Å². The van der Waals surface area contributed by atoms with Crippen LogP contribution in [0.2, 0.25) is 0 Å². The summed E-state index contributed by atoms with van der Waals surface area (Å²) >= 11 is 3.65. The molecular weight excluding hydrogens is 276 g/mol. The molecule has 102 valence electrons. The summed E-state index contributed by atoms with van der Waals surface area (Å²) in [4.78, 5) is 5.25. The summed E-state index contributed by atoms with van der Waals surface area (Å²) < 4.78 is 0. The van der Waals surface area contributed by atoms with Crippen molar-refractivity contribution in [2.75, 3.05) is 44.6 Å². The molecule has 1 aliphatic heterocycles. The standard InChI is InChI=1S/C14H29BrN2/c1-12(2)10-16-5-7-17(8-6-16)11-14(9-15)13(3)4/h12-14H,5-11H2,1-4H3. The Labute approximate surface area is 116 Å². The van der Waals surface area contributed by atoms with E-state index in [1.54, 1.807) is 0 Å². The van der Waals surface area contributed by atoms with E-state index in [0.717, 1.165) is 23.1 Å². The second-order valence-electron chi connectivity index (χ2n) is 6.15. The number of hydrogen-bond acceptors (Lipinski definition) is 2. The maximum absolute atomic E-state index is 3.65. The first kappa shape index (κ1) is 15.5. The molecule has 0 aromatic rings. The number of nitrogens with zero attached hydrogens (tertiary/aromatic N) is 2. The molecule has 0 aromatic heterocycles. The highest BCUT2D eigenvalue weighted by molar-refractivity contribution is 9.09. The molecule has 1 saturated heterocycles. The Hall–Kier alpha value is 0.400. The van der Waals surface area contributed by atoms with Crippen LogP contribution in [0.5, 0.6) is 0 Å². The topological polar surface area (TPSA) is 6.48 Å². The lowest BCUT2D eigenvalue weighted by molar-refractivity contribution is 0.105. The van der Waals surface area contributed by atoms with Gasteiger partial charge in [-0.15, -0.1) is 0 Å². The Morgan fingerprint density at radius 2 is 1.35 bits per heavy atom. The summed E-state index contributed by atoms with van der Waals surface area (Å²) in [6.45, 7) is 16.8. The van der Waals surface area contributed by atoms with E-state index >= 15 is 0 Å². The molecule has 0 aliphatic carbocycles. The van der Waals surface area contributed by atoms with Gasteiger partial charge in [-0.2, -0.15) is 0 Å². The third kappa shape index (κ3) is 5.71. The predicted octanol–water partition coefficient (Wildman–Crippen LogP) is 2.93. The first-order valence-electron chi connectivity index (χ1n) is 7.03. The minimum absolute atomic E-state index is 0.781. The lowest BCUT2D eigenvalue weighted by Crippen LogP contribution is -2.49. The van der Waals surface area contributed by atoms with Gasteiger partial charge in [-0.1, -0.05) is 43.6 Å². The molecule has 2 nitrogen and oxygen atoms in total. The fourth-order valence-corrected chi connectivity index (χ4v) is 3.39. The third-order valence-electron chi connectivity index (χ3n) is 3.72. The molecule has 0 spiro atoms. The number of hydrogen-bond donors (Lipinski definition) is 0. The van der Waals surface area contributed by atoms with Crippen LogP contribution in [0.15, 0.2) is 0 Å². The molecule has 0 aromatic carbocycles. The Balaban J connectivity index is 2.27. The molecule has 0 N–H and O–H groups in total. The third-order valence-corrected chi connectivity index (χ3v) is 4.55. The average Bonchev–Trinajstić information content (AvgIpc) is 2.26. The first-order valence-corrected chi connectivity index (χ1v) is 8.15. The van der Waals surface area contributed by atoms with Gasteiger partial charge < -0.3 is 9.80 Å². The number of rotatable bonds is 6. The van der Waals surface area contributed by atoms with Crippen LogP contribution in [0.3, 0.4) is 0 Å². The maximum Gasteiger partial charge on any atom is 0.0110 e. The zero-order valence-corrected chi connectivity index (χ0v) is 13.5. The fourth-order valence-electron chi connectivity index (χ4n) is 2.44. The normalized spacial score (nSPS) is 21.4. The smallest absolute Gasteiger partial charge is 0.0110 e. The van der Waals surface area contributed by atoms with Crippen LogP contribution >= 0.6 is 15.9 Å². The maximum atomic E-state index is 3.65. The van der Waals surface area contributed by atoms with Crippen molar-refractivity contribution in [2.45, 2.75) is 27.7 Å². The molecule has 1 heterocycles. The highest BCUT2D eigenvalue weighted by Gasteiger charge is 2.21. The Morgan fingerprint density at radius 3 is 1.71 bits per heavy atom. The van der Waals surface area contributed by atoms with Gasteiger partial charge in [-0.05, 0) is 17.8 Å². The Morgan fingerprint density at radius 1 is 0.882 bits per heavy atom. The molecule has 0 radical (unpaired) electrons. The van der Waals surface area contributed by atoms with Crippen LogP contribution in [-0.4, -0.2) is 54.4 Å². The molecule has 1 unspecified atom stereocenters. The highest BCUT2D eigenvalue weighted by Crippen LogP contribution is 2.16. The van der Waals surface area contributed by atoms with Gasteiger partial charge in [0, 0.05) is 44.6 Å². The molecule has 1 fully saturated rings. The SMILES string of the molecule is CC(C)CN1CCN(CC(CBr)C(C)C)CC1. The van der Waals surface area contributed by atoms with E-state index in [2.05, 4.69) is 53.4 Å². The van der Waals surface area contributed by atoms with Crippen molar-refractivity contribution in [2.24, 2.45) is 17.8 Å².